The van der Waals surface area contributed by atoms with Crippen LogP contribution in [0.25, 0.3) is 0 Å². The van der Waals surface area contributed by atoms with Gasteiger partial charge in [0, 0.05) is 25.7 Å². The molecule has 1 rings (SSSR count). The van der Waals surface area contributed by atoms with Crippen LogP contribution in [0, 0.1) is 5.92 Å². The van der Waals surface area contributed by atoms with Crippen LogP contribution in [0.5, 0.6) is 17.2 Å². The molecule has 0 amide bonds. The van der Waals surface area contributed by atoms with Gasteiger partial charge in [-0.15, -0.1) is 0 Å². The van der Waals surface area contributed by atoms with Crippen LogP contribution in [0.3, 0.4) is 0 Å². The topological polar surface area (TPSA) is 144 Å². The van der Waals surface area contributed by atoms with Crippen molar-refractivity contribution in [3.05, 3.63) is 42.0 Å². The monoisotopic (exact) mass is 985 g/mol. The Balaban J connectivity index is 2.46. The molecule has 0 radical (unpaired) electrons. The zero-order valence-electron chi connectivity index (χ0n) is 45.0. The van der Waals surface area contributed by atoms with E-state index in [0.29, 0.717) is 36.3 Å². The van der Waals surface area contributed by atoms with Gasteiger partial charge in [-0.2, -0.15) is 0 Å². The number of carbonyl (C=O) groups excluding carboxylic acids is 4. The second kappa shape index (κ2) is 46.2. The van der Waals surface area contributed by atoms with E-state index in [0.717, 1.165) is 103 Å². The van der Waals surface area contributed by atoms with Crippen LogP contribution < -0.4 is 14.2 Å². The molecule has 0 saturated carbocycles. The van der Waals surface area contributed by atoms with Gasteiger partial charge in [-0.3, -0.25) is 19.2 Å². The molecule has 0 aliphatic heterocycles. The molecule has 2 atom stereocenters. The van der Waals surface area contributed by atoms with Gasteiger partial charge < -0.3 is 33.5 Å². The highest BCUT2D eigenvalue weighted by Gasteiger charge is 2.22. The minimum Gasteiger partial charge on any atom is -0.493 e. The molecule has 2 unspecified atom stereocenters. The average molecular weight is 985 g/mol. The lowest BCUT2D eigenvalue weighted by atomic mass is 9.99. The van der Waals surface area contributed by atoms with Crippen molar-refractivity contribution in [3.8, 4) is 17.2 Å². The van der Waals surface area contributed by atoms with Gasteiger partial charge in [0.25, 0.3) is 0 Å². The summed E-state index contributed by atoms with van der Waals surface area (Å²) in [6.07, 6.45) is 44.1. The van der Waals surface area contributed by atoms with E-state index in [4.69, 9.17) is 28.4 Å². The Morgan fingerprint density at radius 3 is 1.27 bits per heavy atom. The number of rotatable bonds is 48. The number of aliphatic hydroxyl groups excluding tert-OH is 1. The van der Waals surface area contributed by atoms with E-state index in [1.807, 2.05) is 6.92 Å². The minimum atomic E-state index is -0.872. The number of ether oxygens (including phenoxy) is 6. The predicted octanol–water partition coefficient (Wildman–Crippen LogP) is 15.5. The first-order valence-electron chi connectivity index (χ1n) is 28.0. The lowest BCUT2D eigenvalue weighted by molar-refractivity contribution is -0.167. The standard InChI is InChI=1S/C59H100O11/c1-6-8-10-12-14-16-18-20-22-24-26-28-30-32-37-41-55(61)67-48-52(49-68-56(62)42-38-33-31-29-27-25-23-21-19-17-15-13-11-9-7-2)69-58(64)44-50(3)40-36-34-35-39-43-57(63)70-59-53(65-4)45-51(47-60)46-54(59)66-5/h20-23,45-46,50,52,60H,6-19,24-44,47-49H2,1-5H3/b22-20-,23-21?. The predicted molar refractivity (Wildman–Crippen MR) is 283 cm³/mol. The minimum absolute atomic E-state index is 0.0484. The fourth-order valence-electron chi connectivity index (χ4n) is 8.34. The lowest BCUT2D eigenvalue weighted by Gasteiger charge is -2.19. The van der Waals surface area contributed by atoms with Crippen molar-refractivity contribution in [2.24, 2.45) is 5.92 Å². The Labute approximate surface area is 426 Å². The van der Waals surface area contributed by atoms with Crippen LogP contribution in [0.15, 0.2) is 36.4 Å². The van der Waals surface area contributed by atoms with E-state index >= 15 is 0 Å². The molecule has 0 heterocycles. The van der Waals surface area contributed by atoms with Gasteiger partial charge in [-0.1, -0.05) is 173 Å². The Kier molecular flexibility index (Phi) is 42.4. The highest BCUT2D eigenvalue weighted by Crippen LogP contribution is 2.39. The molecule has 1 aromatic carbocycles. The lowest BCUT2D eigenvalue weighted by Crippen LogP contribution is -2.31. The highest BCUT2D eigenvalue weighted by molar-refractivity contribution is 5.75. The van der Waals surface area contributed by atoms with E-state index in [2.05, 4.69) is 38.2 Å². The molecule has 402 valence electrons. The maximum atomic E-state index is 13.1. The van der Waals surface area contributed by atoms with E-state index < -0.39 is 18.0 Å². The van der Waals surface area contributed by atoms with Gasteiger partial charge in [0.1, 0.15) is 13.2 Å². The maximum Gasteiger partial charge on any atom is 0.311 e. The summed E-state index contributed by atoms with van der Waals surface area (Å²) in [5.74, 6) is -0.633. The molecule has 0 fully saturated rings. The van der Waals surface area contributed by atoms with Gasteiger partial charge in [-0.25, -0.2) is 0 Å². The number of esters is 4. The normalized spacial score (nSPS) is 12.3. The van der Waals surface area contributed by atoms with Crippen LogP contribution >= 0.6 is 0 Å². The number of allylic oxidation sites excluding steroid dienone is 4. The van der Waals surface area contributed by atoms with Crippen LogP contribution in [0.2, 0.25) is 0 Å². The van der Waals surface area contributed by atoms with Crippen LogP contribution in [0.1, 0.15) is 251 Å². The second-order valence-electron chi connectivity index (χ2n) is 19.4. The third-order valence-corrected chi connectivity index (χ3v) is 12.7. The SMILES string of the molecule is CCCCCCCCC=CCCCCCCCC(=O)OCC(COC(=O)CCCCCCC/C=C\CCCCCCCC)OC(=O)CC(C)CCCCCCC(=O)Oc1c(OC)cc(CO)cc1OC. The first kappa shape index (κ1) is 64.2. The highest BCUT2D eigenvalue weighted by atomic mass is 16.6. The molecule has 0 aliphatic carbocycles. The van der Waals surface area contributed by atoms with Gasteiger partial charge in [0.05, 0.1) is 20.8 Å². The van der Waals surface area contributed by atoms with Crippen molar-refractivity contribution >= 4 is 23.9 Å². The quantitative estimate of drug-likeness (QED) is 0.0219. The van der Waals surface area contributed by atoms with Gasteiger partial charge in [0.15, 0.2) is 17.6 Å². The number of aliphatic hydroxyl groups is 1. The fraction of sp³-hybridized carbons (Fsp3) is 0.763. The molecule has 1 aromatic rings. The summed E-state index contributed by atoms with van der Waals surface area (Å²) in [6.45, 7) is 6.00. The van der Waals surface area contributed by atoms with Crippen molar-refractivity contribution in [3.63, 3.8) is 0 Å². The Morgan fingerprint density at radius 2 is 0.871 bits per heavy atom. The number of unbranched alkanes of at least 4 members (excludes halogenated alkanes) is 25. The van der Waals surface area contributed by atoms with E-state index in [1.54, 1.807) is 12.1 Å². The number of carbonyl (C=O) groups is 4. The molecule has 0 saturated heterocycles. The summed E-state index contributed by atoms with van der Waals surface area (Å²) in [5.41, 5.74) is 0.580. The van der Waals surface area contributed by atoms with Crippen molar-refractivity contribution in [2.75, 3.05) is 27.4 Å². The average Bonchev–Trinajstić information content (AvgIpc) is 3.35. The fourth-order valence-corrected chi connectivity index (χ4v) is 8.34. The van der Waals surface area contributed by atoms with E-state index in [1.165, 1.54) is 104 Å². The first-order valence-corrected chi connectivity index (χ1v) is 28.0. The summed E-state index contributed by atoms with van der Waals surface area (Å²) < 4.78 is 33.1. The molecule has 11 heteroatoms. The van der Waals surface area contributed by atoms with Gasteiger partial charge in [0.2, 0.25) is 5.75 Å². The van der Waals surface area contributed by atoms with Crippen LogP contribution in [0.4, 0.5) is 0 Å². The van der Waals surface area contributed by atoms with Crippen molar-refractivity contribution in [2.45, 2.75) is 258 Å². The summed E-state index contributed by atoms with van der Waals surface area (Å²) in [6, 6.07) is 3.21. The molecule has 0 bridgehead atoms. The third kappa shape index (κ3) is 37.0. The zero-order chi connectivity index (χ0) is 51.1. The van der Waals surface area contributed by atoms with Crippen LogP contribution in [-0.2, 0) is 40.0 Å². The van der Waals surface area contributed by atoms with Crippen molar-refractivity contribution < 1.29 is 52.7 Å². The number of hydrogen-bond acceptors (Lipinski definition) is 11. The number of benzene rings is 1. The summed E-state index contributed by atoms with van der Waals surface area (Å²) >= 11 is 0. The Bertz CT molecular complexity index is 1440. The van der Waals surface area contributed by atoms with Crippen LogP contribution in [-0.4, -0.2) is 62.5 Å². The number of hydrogen-bond donors (Lipinski definition) is 1. The van der Waals surface area contributed by atoms with Gasteiger partial charge >= 0.3 is 23.9 Å². The third-order valence-electron chi connectivity index (χ3n) is 12.7. The summed E-state index contributed by atoms with van der Waals surface area (Å²) in [4.78, 5) is 51.2. The molecule has 0 aromatic heterocycles. The molecule has 1 N–H and O–H groups in total. The van der Waals surface area contributed by atoms with E-state index in [-0.39, 0.29) is 56.3 Å². The smallest absolute Gasteiger partial charge is 0.311 e. The Morgan fingerprint density at radius 1 is 0.500 bits per heavy atom. The first-order chi connectivity index (χ1) is 34.2. The van der Waals surface area contributed by atoms with Crippen molar-refractivity contribution in [1.29, 1.82) is 0 Å². The van der Waals surface area contributed by atoms with Gasteiger partial charge in [-0.05, 0) is 94.2 Å². The number of methoxy groups -OCH3 is 2. The second-order valence-corrected chi connectivity index (χ2v) is 19.4. The maximum absolute atomic E-state index is 13.1. The largest absolute Gasteiger partial charge is 0.493 e. The summed E-state index contributed by atoms with van der Waals surface area (Å²) in [7, 11) is 2.92. The van der Waals surface area contributed by atoms with E-state index in [9.17, 15) is 24.3 Å². The summed E-state index contributed by atoms with van der Waals surface area (Å²) in [5, 5.41) is 9.50. The van der Waals surface area contributed by atoms with Crippen molar-refractivity contribution in [1.82, 2.24) is 0 Å². The molecular formula is C59H100O11. The molecule has 70 heavy (non-hydrogen) atoms. The molecule has 11 nitrogen and oxygen atoms in total. The molecular weight excluding hydrogens is 885 g/mol. The molecule has 0 aliphatic rings. The Hall–Kier alpha value is -3.86. The molecule has 0 spiro atoms. The zero-order valence-corrected chi connectivity index (χ0v) is 45.0.